The Morgan fingerprint density at radius 2 is 1.55 bits per heavy atom. The maximum Gasteiger partial charge on any atom is 0.165 e. The molecule has 1 unspecified atom stereocenters. The van der Waals surface area contributed by atoms with Gasteiger partial charge in [0.2, 0.25) is 0 Å². The van der Waals surface area contributed by atoms with E-state index in [1.165, 1.54) is 24.3 Å². The summed E-state index contributed by atoms with van der Waals surface area (Å²) in [6, 6.07) is 20.6. The van der Waals surface area contributed by atoms with Gasteiger partial charge in [0.1, 0.15) is 17.3 Å². The molecule has 5 heteroatoms. The van der Waals surface area contributed by atoms with Crippen LogP contribution in [0.15, 0.2) is 72.8 Å². The van der Waals surface area contributed by atoms with Crippen LogP contribution in [-0.2, 0) is 0 Å². The molecule has 0 spiro atoms. The molecule has 0 amide bonds. The lowest BCUT2D eigenvalue weighted by atomic mass is 9.97. The van der Waals surface area contributed by atoms with Crippen LogP contribution in [0.3, 0.4) is 0 Å². The number of hydrogen-bond donors (Lipinski definition) is 1. The number of carbonyl (C=O) groups excluding carboxylic acids is 1. The zero-order chi connectivity index (χ0) is 20.6. The Morgan fingerprint density at radius 1 is 0.931 bits per heavy atom. The Balaban J connectivity index is 1.82. The highest BCUT2D eigenvalue weighted by molar-refractivity contribution is 5.96. The molecule has 0 saturated heterocycles. The molecule has 1 atom stereocenters. The summed E-state index contributed by atoms with van der Waals surface area (Å²) < 4.78 is 23.9. The largest absolute Gasteiger partial charge is 0.497 e. The van der Waals surface area contributed by atoms with E-state index >= 15 is 0 Å². The van der Waals surface area contributed by atoms with Gasteiger partial charge in [-0.2, -0.15) is 0 Å². The maximum atomic E-state index is 13.2. The molecular weight excluding hydrogens is 369 g/mol. The number of carbonyl (C=O) groups is 1. The van der Waals surface area contributed by atoms with Crippen molar-refractivity contribution in [3.8, 4) is 11.5 Å². The third-order valence-corrected chi connectivity index (χ3v) is 4.58. The van der Waals surface area contributed by atoms with Gasteiger partial charge in [-0.05, 0) is 73.2 Å². The quantitative estimate of drug-likeness (QED) is 0.477. The number of ether oxygens (including phenoxy) is 2. The molecule has 0 fully saturated rings. The van der Waals surface area contributed by atoms with Crippen LogP contribution in [0.1, 0.15) is 35.3 Å². The van der Waals surface area contributed by atoms with Gasteiger partial charge in [-0.25, -0.2) is 4.39 Å². The van der Waals surface area contributed by atoms with Crippen LogP contribution < -0.4 is 14.8 Å². The highest BCUT2D eigenvalue weighted by Crippen LogP contribution is 2.27. The van der Waals surface area contributed by atoms with Crippen molar-refractivity contribution in [2.45, 2.75) is 19.4 Å². The second-order valence-electron chi connectivity index (χ2n) is 6.56. The van der Waals surface area contributed by atoms with Crippen molar-refractivity contribution >= 4 is 11.5 Å². The van der Waals surface area contributed by atoms with Crippen LogP contribution >= 0.6 is 0 Å². The number of halogens is 1. The first kappa shape index (κ1) is 20.4. The number of rotatable bonds is 9. The van der Waals surface area contributed by atoms with Gasteiger partial charge in [-0.1, -0.05) is 12.1 Å². The van der Waals surface area contributed by atoms with Crippen LogP contribution in [0.2, 0.25) is 0 Å². The van der Waals surface area contributed by atoms with Crippen LogP contribution in [0, 0.1) is 5.82 Å². The van der Waals surface area contributed by atoms with Crippen molar-refractivity contribution in [1.82, 2.24) is 0 Å². The van der Waals surface area contributed by atoms with Gasteiger partial charge in [-0.15, -0.1) is 0 Å². The molecule has 3 aromatic rings. The van der Waals surface area contributed by atoms with Crippen LogP contribution in [0.25, 0.3) is 0 Å². The summed E-state index contributed by atoms with van der Waals surface area (Å²) >= 11 is 0. The number of hydrogen-bond acceptors (Lipinski definition) is 4. The predicted octanol–water partition coefficient (Wildman–Crippen LogP) is 5.66. The molecule has 0 radical (unpaired) electrons. The molecule has 0 aliphatic carbocycles. The third kappa shape index (κ3) is 5.57. The number of benzene rings is 3. The summed E-state index contributed by atoms with van der Waals surface area (Å²) in [6.45, 7) is 2.54. The fraction of sp³-hybridized carbons (Fsp3) is 0.208. The maximum absolute atomic E-state index is 13.2. The van der Waals surface area contributed by atoms with E-state index in [-0.39, 0.29) is 24.1 Å². The molecule has 4 nitrogen and oxygen atoms in total. The van der Waals surface area contributed by atoms with Crippen molar-refractivity contribution in [1.29, 1.82) is 0 Å². The van der Waals surface area contributed by atoms with Crippen LogP contribution in [0.5, 0.6) is 11.5 Å². The fourth-order valence-electron chi connectivity index (χ4n) is 3.04. The molecule has 29 heavy (non-hydrogen) atoms. The van der Waals surface area contributed by atoms with E-state index in [0.29, 0.717) is 12.2 Å². The Labute approximate surface area is 170 Å². The first-order chi connectivity index (χ1) is 14.1. The van der Waals surface area contributed by atoms with Gasteiger partial charge in [0.05, 0.1) is 19.8 Å². The minimum Gasteiger partial charge on any atom is -0.497 e. The van der Waals surface area contributed by atoms with Crippen molar-refractivity contribution in [3.63, 3.8) is 0 Å². The van der Waals surface area contributed by atoms with E-state index < -0.39 is 0 Å². The summed E-state index contributed by atoms with van der Waals surface area (Å²) in [5, 5.41) is 3.42. The minimum atomic E-state index is -0.360. The van der Waals surface area contributed by atoms with Crippen molar-refractivity contribution < 1.29 is 18.7 Å². The van der Waals surface area contributed by atoms with E-state index in [0.717, 1.165) is 22.7 Å². The predicted molar refractivity (Wildman–Crippen MR) is 112 cm³/mol. The van der Waals surface area contributed by atoms with Gasteiger partial charge >= 0.3 is 0 Å². The zero-order valence-corrected chi connectivity index (χ0v) is 16.5. The Kier molecular flexibility index (Phi) is 6.85. The molecular formula is C24H24FNO3. The lowest BCUT2D eigenvalue weighted by Crippen LogP contribution is -2.16. The topological polar surface area (TPSA) is 47.6 Å². The molecule has 0 heterocycles. The molecule has 0 bridgehead atoms. The monoisotopic (exact) mass is 393 g/mol. The zero-order valence-electron chi connectivity index (χ0n) is 16.5. The summed E-state index contributed by atoms with van der Waals surface area (Å²) in [5.74, 6) is 1.12. The third-order valence-electron chi connectivity index (χ3n) is 4.58. The van der Waals surface area contributed by atoms with Gasteiger partial charge in [0.15, 0.2) is 5.78 Å². The molecule has 150 valence electrons. The van der Waals surface area contributed by atoms with E-state index in [2.05, 4.69) is 5.32 Å². The lowest BCUT2D eigenvalue weighted by molar-refractivity contribution is 0.0976. The summed E-state index contributed by atoms with van der Waals surface area (Å²) in [6.07, 6.45) is 0.227. The lowest BCUT2D eigenvalue weighted by Gasteiger charge is -2.20. The number of ketones is 1. The van der Waals surface area contributed by atoms with Gasteiger partial charge in [0, 0.05) is 17.7 Å². The molecule has 0 aromatic heterocycles. The van der Waals surface area contributed by atoms with Crippen LogP contribution in [0.4, 0.5) is 10.1 Å². The average molecular weight is 393 g/mol. The molecule has 0 saturated carbocycles. The summed E-state index contributed by atoms with van der Waals surface area (Å²) in [5.41, 5.74) is 2.31. The second kappa shape index (κ2) is 9.73. The van der Waals surface area contributed by atoms with E-state index in [1.807, 2.05) is 55.5 Å². The standard InChI is InChI=1S/C24H24FNO3/c1-3-29-22-14-10-20(11-15-22)26-23(17-6-12-21(28-2)13-7-17)16-24(27)18-4-8-19(25)9-5-18/h4-15,23,26H,3,16H2,1-2H3. The molecule has 1 N–H and O–H groups in total. The van der Waals surface area contributed by atoms with E-state index in [9.17, 15) is 9.18 Å². The van der Waals surface area contributed by atoms with Crippen molar-refractivity contribution in [2.24, 2.45) is 0 Å². The molecule has 0 aliphatic rings. The first-order valence-electron chi connectivity index (χ1n) is 9.51. The van der Waals surface area contributed by atoms with E-state index in [4.69, 9.17) is 9.47 Å². The van der Waals surface area contributed by atoms with Crippen molar-refractivity contribution in [2.75, 3.05) is 19.0 Å². The molecule has 3 aromatic carbocycles. The normalized spacial score (nSPS) is 11.6. The number of methoxy groups -OCH3 is 1. The minimum absolute atomic E-state index is 0.0655. The molecule has 3 rings (SSSR count). The SMILES string of the molecule is CCOc1ccc(NC(CC(=O)c2ccc(F)cc2)c2ccc(OC)cc2)cc1. The van der Waals surface area contributed by atoms with Crippen molar-refractivity contribution in [3.05, 3.63) is 89.7 Å². The number of anilines is 1. The smallest absolute Gasteiger partial charge is 0.165 e. The first-order valence-corrected chi connectivity index (χ1v) is 9.51. The highest BCUT2D eigenvalue weighted by atomic mass is 19.1. The van der Waals surface area contributed by atoms with E-state index in [1.54, 1.807) is 7.11 Å². The second-order valence-corrected chi connectivity index (χ2v) is 6.56. The number of nitrogens with one attached hydrogen (secondary N) is 1. The number of Topliss-reactive ketones (excluding diaryl/α,β-unsaturated/α-hetero) is 1. The Bertz CT molecular complexity index is 922. The highest BCUT2D eigenvalue weighted by Gasteiger charge is 2.18. The summed E-state index contributed by atoms with van der Waals surface area (Å²) in [7, 11) is 1.61. The average Bonchev–Trinajstić information content (AvgIpc) is 2.75. The fourth-order valence-corrected chi connectivity index (χ4v) is 3.04. The Hall–Kier alpha value is -3.34. The van der Waals surface area contributed by atoms with Crippen LogP contribution in [-0.4, -0.2) is 19.5 Å². The molecule has 0 aliphatic heterocycles. The Morgan fingerprint density at radius 3 is 2.14 bits per heavy atom. The van der Waals surface area contributed by atoms with Gasteiger partial charge in [-0.3, -0.25) is 4.79 Å². The summed E-state index contributed by atoms with van der Waals surface area (Å²) in [4.78, 5) is 12.8. The van der Waals surface area contributed by atoms with Gasteiger partial charge < -0.3 is 14.8 Å². The van der Waals surface area contributed by atoms with Gasteiger partial charge in [0.25, 0.3) is 0 Å².